The maximum atomic E-state index is 12.8. The molecule has 0 spiro atoms. The van der Waals surface area contributed by atoms with Crippen LogP contribution in [0.15, 0.2) is 65.7 Å². The van der Waals surface area contributed by atoms with E-state index in [9.17, 15) is 19.5 Å². The van der Waals surface area contributed by atoms with Crippen LogP contribution in [0.25, 0.3) is 11.2 Å². The summed E-state index contributed by atoms with van der Waals surface area (Å²) in [5.41, 5.74) is 7.17. The highest BCUT2D eigenvalue weighted by molar-refractivity contribution is 6.09. The van der Waals surface area contributed by atoms with Crippen LogP contribution in [-0.4, -0.2) is 55.2 Å². The van der Waals surface area contributed by atoms with Crippen LogP contribution in [0, 0.1) is 0 Å². The number of aliphatic hydroxyl groups is 1. The quantitative estimate of drug-likeness (QED) is 0.253. The Hall–Kier alpha value is -4.35. The second kappa shape index (κ2) is 9.96. The second-order valence-electron chi connectivity index (χ2n) is 8.88. The fourth-order valence-electron chi connectivity index (χ4n) is 4.32. The number of aromatic nitrogens is 4. The van der Waals surface area contributed by atoms with Crippen LogP contribution in [0.1, 0.15) is 47.0 Å². The van der Waals surface area contributed by atoms with Crippen LogP contribution >= 0.6 is 0 Å². The molecule has 5 rings (SSSR count). The number of nitrogens with one attached hydrogen (secondary N) is 1. The number of nitrogens with two attached hydrogens (primary N) is 1. The number of anilines is 1. The zero-order chi connectivity index (χ0) is 26.1. The number of H-pyrrole nitrogens is 1. The molecule has 1 aliphatic rings. The lowest BCUT2D eigenvalue weighted by Gasteiger charge is -2.18. The number of rotatable bonds is 7. The smallest absolute Gasteiger partial charge is 0.313 e. The Labute approximate surface area is 210 Å². The van der Waals surface area contributed by atoms with E-state index < -0.39 is 35.9 Å². The number of carbonyl (C=O) groups excluding carboxylic acids is 2. The van der Waals surface area contributed by atoms with Crippen molar-refractivity contribution in [2.45, 2.75) is 37.7 Å². The molecule has 11 nitrogen and oxygen atoms in total. The Balaban J connectivity index is 1.23. The number of benzene rings is 2. The molecule has 1 fully saturated rings. The van der Waals surface area contributed by atoms with Gasteiger partial charge in [0.1, 0.15) is 18.9 Å². The number of nitrogen functional groups attached to an aromatic ring is 1. The molecule has 37 heavy (non-hydrogen) atoms. The van der Waals surface area contributed by atoms with Crippen molar-refractivity contribution < 1.29 is 24.2 Å². The SMILES string of the molecule is C[C@H](C(=O)OC[C@H]1O[C@@H](n2cnc3c(=O)[nH]c(N)nc32)C[C@@H]1O)c1cccc(C(=O)c2ccccc2)c1. The molecule has 2 aromatic heterocycles. The standard InChI is InChI=1S/C26H25N5O6/c1-14(16-8-5-9-17(10-16)22(33)15-6-3-2-4-7-15)25(35)36-12-19-18(32)11-20(37-19)31-13-28-21-23(31)29-26(27)30-24(21)34/h2-10,13-14,18-20,32H,11-12H2,1H3,(H3,27,29,30,34)/t14-,18-,19+,20+/m0/s1. The number of aromatic amines is 1. The van der Waals surface area contributed by atoms with Gasteiger partial charge >= 0.3 is 5.97 Å². The van der Waals surface area contributed by atoms with E-state index in [1.165, 1.54) is 10.9 Å². The van der Waals surface area contributed by atoms with Gasteiger partial charge in [-0.05, 0) is 18.6 Å². The van der Waals surface area contributed by atoms with Gasteiger partial charge in [-0.25, -0.2) is 4.98 Å². The van der Waals surface area contributed by atoms with Gasteiger partial charge in [-0.2, -0.15) is 4.98 Å². The number of carbonyl (C=O) groups is 2. The molecular formula is C26H25N5O6. The molecule has 4 atom stereocenters. The molecule has 0 unspecified atom stereocenters. The number of hydrogen-bond acceptors (Lipinski definition) is 9. The lowest BCUT2D eigenvalue weighted by atomic mass is 9.96. The Morgan fingerprint density at radius 3 is 2.76 bits per heavy atom. The first-order valence-electron chi connectivity index (χ1n) is 11.7. The topological polar surface area (TPSA) is 162 Å². The predicted octanol–water partition coefficient (Wildman–Crippen LogP) is 1.93. The summed E-state index contributed by atoms with van der Waals surface area (Å²) in [6.45, 7) is 1.51. The summed E-state index contributed by atoms with van der Waals surface area (Å²) in [6, 6.07) is 15.8. The van der Waals surface area contributed by atoms with Gasteiger partial charge < -0.3 is 20.3 Å². The number of ketones is 1. The van der Waals surface area contributed by atoms with Gasteiger partial charge in [0.2, 0.25) is 5.95 Å². The molecule has 0 amide bonds. The molecule has 11 heteroatoms. The third-order valence-electron chi connectivity index (χ3n) is 6.39. The summed E-state index contributed by atoms with van der Waals surface area (Å²) in [7, 11) is 0. The van der Waals surface area contributed by atoms with Crippen molar-refractivity contribution in [2.24, 2.45) is 0 Å². The number of hydrogen-bond donors (Lipinski definition) is 3. The van der Waals surface area contributed by atoms with Gasteiger partial charge in [-0.15, -0.1) is 0 Å². The summed E-state index contributed by atoms with van der Waals surface area (Å²) in [4.78, 5) is 48.1. The second-order valence-corrected chi connectivity index (χ2v) is 8.88. The lowest BCUT2D eigenvalue weighted by molar-refractivity contribution is -0.151. The molecule has 0 radical (unpaired) electrons. The molecule has 2 aromatic carbocycles. The largest absolute Gasteiger partial charge is 0.462 e. The van der Waals surface area contributed by atoms with Gasteiger partial charge in [-0.3, -0.25) is 23.9 Å². The van der Waals surface area contributed by atoms with Crippen molar-refractivity contribution in [1.29, 1.82) is 0 Å². The average Bonchev–Trinajstić information content (AvgIpc) is 3.50. The molecule has 0 saturated carbocycles. The number of esters is 1. The molecule has 4 N–H and O–H groups in total. The van der Waals surface area contributed by atoms with E-state index in [0.717, 1.165) is 0 Å². The molecule has 0 aliphatic carbocycles. The number of imidazole rings is 1. The number of fused-ring (bicyclic) bond motifs is 1. The minimum atomic E-state index is -0.920. The van der Waals surface area contributed by atoms with Crippen LogP contribution in [0.2, 0.25) is 0 Å². The van der Waals surface area contributed by atoms with Gasteiger partial charge in [0, 0.05) is 17.5 Å². The maximum absolute atomic E-state index is 12.8. The van der Waals surface area contributed by atoms with E-state index in [0.29, 0.717) is 16.7 Å². The number of aliphatic hydroxyl groups excluding tert-OH is 1. The minimum absolute atomic E-state index is 0.0631. The molecule has 190 valence electrons. The van der Waals surface area contributed by atoms with E-state index in [1.54, 1.807) is 55.5 Å². The van der Waals surface area contributed by atoms with E-state index >= 15 is 0 Å². The Morgan fingerprint density at radius 2 is 1.97 bits per heavy atom. The van der Waals surface area contributed by atoms with Gasteiger partial charge in [0.15, 0.2) is 16.9 Å². The zero-order valence-electron chi connectivity index (χ0n) is 19.9. The van der Waals surface area contributed by atoms with E-state index in [4.69, 9.17) is 15.2 Å². The third-order valence-corrected chi connectivity index (χ3v) is 6.39. The van der Waals surface area contributed by atoms with E-state index in [1.807, 2.05) is 6.07 Å². The highest BCUT2D eigenvalue weighted by atomic mass is 16.6. The first-order chi connectivity index (χ1) is 17.8. The monoisotopic (exact) mass is 503 g/mol. The van der Waals surface area contributed by atoms with Gasteiger partial charge in [0.05, 0.1) is 18.3 Å². The highest BCUT2D eigenvalue weighted by Crippen LogP contribution is 2.31. The normalized spacial score (nSPS) is 20.1. The fraction of sp³-hybridized carbons (Fsp3) is 0.269. The van der Waals surface area contributed by atoms with Crippen LogP contribution in [0.5, 0.6) is 0 Å². The van der Waals surface area contributed by atoms with E-state index in [-0.39, 0.29) is 35.9 Å². The van der Waals surface area contributed by atoms with Gasteiger partial charge in [-0.1, -0.05) is 48.5 Å². The lowest BCUT2D eigenvalue weighted by Crippen LogP contribution is -2.29. The average molecular weight is 504 g/mol. The minimum Gasteiger partial charge on any atom is -0.462 e. The molecule has 1 aliphatic heterocycles. The molecule has 0 bridgehead atoms. The summed E-state index contributed by atoms with van der Waals surface area (Å²) in [6.07, 6.45) is -0.804. The fourth-order valence-corrected chi connectivity index (χ4v) is 4.32. The van der Waals surface area contributed by atoms with Crippen LogP contribution < -0.4 is 11.3 Å². The van der Waals surface area contributed by atoms with Crippen molar-refractivity contribution in [1.82, 2.24) is 19.5 Å². The Bertz CT molecular complexity index is 1510. The first-order valence-corrected chi connectivity index (χ1v) is 11.7. The number of nitrogens with zero attached hydrogens (tertiary/aromatic N) is 3. The maximum Gasteiger partial charge on any atom is 0.313 e. The molecule has 3 heterocycles. The van der Waals surface area contributed by atoms with Crippen molar-refractivity contribution in [2.75, 3.05) is 12.3 Å². The zero-order valence-corrected chi connectivity index (χ0v) is 19.9. The Morgan fingerprint density at radius 1 is 1.22 bits per heavy atom. The summed E-state index contributed by atoms with van der Waals surface area (Å²) < 4.78 is 12.9. The van der Waals surface area contributed by atoms with Crippen LogP contribution in [-0.2, 0) is 14.3 Å². The van der Waals surface area contributed by atoms with Crippen molar-refractivity contribution in [3.63, 3.8) is 0 Å². The first kappa shape index (κ1) is 24.3. The highest BCUT2D eigenvalue weighted by Gasteiger charge is 2.37. The molecule has 4 aromatic rings. The Kier molecular flexibility index (Phi) is 6.55. The summed E-state index contributed by atoms with van der Waals surface area (Å²) >= 11 is 0. The predicted molar refractivity (Wildman–Crippen MR) is 133 cm³/mol. The van der Waals surface area contributed by atoms with E-state index in [2.05, 4.69) is 15.0 Å². The van der Waals surface area contributed by atoms with Crippen molar-refractivity contribution in [3.05, 3.63) is 88.0 Å². The van der Waals surface area contributed by atoms with Crippen molar-refractivity contribution >= 4 is 28.9 Å². The molecular weight excluding hydrogens is 478 g/mol. The third kappa shape index (κ3) is 4.86. The van der Waals surface area contributed by atoms with Gasteiger partial charge in [0.25, 0.3) is 5.56 Å². The van der Waals surface area contributed by atoms with Crippen LogP contribution in [0.4, 0.5) is 5.95 Å². The summed E-state index contributed by atoms with van der Waals surface area (Å²) in [5.74, 6) is -1.36. The molecule has 1 saturated heterocycles. The summed E-state index contributed by atoms with van der Waals surface area (Å²) in [5, 5.41) is 10.5. The number of ether oxygens (including phenoxy) is 2. The van der Waals surface area contributed by atoms with Crippen molar-refractivity contribution in [3.8, 4) is 0 Å². The van der Waals surface area contributed by atoms with Crippen LogP contribution in [0.3, 0.4) is 0 Å².